The lowest BCUT2D eigenvalue weighted by Gasteiger charge is -2.33. The van der Waals surface area contributed by atoms with Gasteiger partial charge < -0.3 is 15.0 Å². The van der Waals surface area contributed by atoms with E-state index in [2.05, 4.69) is 10.2 Å². The van der Waals surface area contributed by atoms with Crippen LogP contribution in [-0.4, -0.2) is 69.0 Å². The molecule has 1 aromatic carbocycles. The molecule has 4 heterocycles. The number of nitrogens with one attached hydrogen (secondary N) is 1. The molecule has 3 aliphatic heterocycles. The number of anilines is 1. The van der Waals surface area contributed by atoms with E-state index in [1.54, 1.807) is 22.5 Å². The number of ether oxygens (including phenoxy) is 1. The van der Waals surface area contributed by atoms with E-state index in [0.717, 1.165) is 68.4 Å². The summed E-state index contributed by atoms with van der Waals surface area (Å²) in [6.07, 6.45) is 5.87. The molecule has 5 rings (SSSR count). The van der Waals surface area contributed by atoms with Gasteiger partial charge >= 0.3 is 0 Å². The summed E-state index contributed by atoms with van der Waals surface area (Å²) < 4.78 is 32.9. The number of carbonyl (C=O) groups is 1. The highest BCUT2D eigenvalue weighted by molar-refractivity contribution is 7.89. The number of hydrogen-bond donors (Lipinski definition) is 1. The van der Waals surface area contributed by atoms with Crippen LogP contribution in [0.5, 0.6) is 0 Å². The van der Waals surface area contributed by atoms with Crippen LogP contribution in [0.25, 0.3) is 10.9 Å². The predicted molar refractivity (Wildman–Crippen MR) is 127 cm³/mol. The smallest absolute Gasteiger partial charge is 0.243 e. The Bertz CT molecular complexity index is 1110. The second-order valence-corrected chi connectivity index (χ2v) is 11.2. The normalized spacial score (nSPS) is 24.4. The predicted octanol–water partition coefficient (Wildman–Crippen LogP) is 2.53. The number of pyridine rings is 1. The summed E-state index contributed by atoms with van der Waals surface area (Å²) in [4.78, 5) is 20.0. The van der Waals surface area contributed by atoms with Crippen molar-refractivity contribution in [2.24, 2.45) is 5.92 Å². The van der Waals surface area contributed by atoms with Crippen LogP contribution in [0.2, 0.25) is 0 Å². The van der Waals surface area contributed by atoms with Crippen LogP contribution in [0.15, 0.2) is 35.2 Å². The zero-order valence-corrected chi connectivity index (χ0v) is 19.7. The molecule has 1 amide bonds. The maximum Gasteiger partial charge on any atom is 0.243 e. The number of nitrogens with zero attached hydrogens (tertiary/aromatic N) is 3. The maximum absolute atomic E-state index is 12.9. The Kier molecular flexibility index (Phi) is 6.53. The number of piperidine rings is 1. The van der Waals surface area contributed by atoms with Crippen molar-refractivity contribution in [2.45, 2.75) is 49.5 Å². The molecule has 33 heavy (non-hydrogen) atoms. The van der Waals surface area contributed by atoms with Crippen molar-refractivity contribution in [1.29, 1.82) is 0 Å². The van der Waals surface area contributed by atoms with Gasteiger partial charge in [0.1, 0.15) is 5.82 Å². The Labute approximate surface area is 195 Å². The zero-order valence-electron chi connectivity index (χ0n) is 18.9. The van der Waals surface area contributed by atoms with Gasteiger partial charge in [0, 0.05) is 44.7 Å². The SMILES string of the molecule is O=C(NCC1CCCO1)C1CCCN(c2ccc3cc(S(=O)(=O)N4CCCC4)ccc3n2)C1. The Morgan fingerprint density at radius 1 is 1.06 bits per heavy atom. The monoisotopic (exact) mass is 472 g/mol. The van der Waals surface area contributed by atoms with Gasteiger partial charge in [-0.3, -0.25) is 4.79 Å². The number of carbonyl (C=O) groups excluding carboxylic acids is 1. The molecule has 2 unspecified atom stereocenters. The lowest BCUT2D eigenvalue weighted by molar-refractivity contribution is -0.125. The third-order valence-corrected chi connectivity index (χ3v) is 8.89. The molecule has 1 aromatic heterocycles. The molecule has 2 aromatic rings. The average molecular weight is 473 g/mol. The number of aromatic nitrogens is 1. The molecule has 2 atom stereocenters. The Morgan fingerprint density at radius 2 is 1.91 bits per heavy atom. The molecule has 0 aliphatic carbocycles. The summed E-state index contributed by atoms with van der Waals surface area (Å²) in [5, 5.41) is 3.87. The van der Waals surface area contributed by atoms with Crippen molar-refractivity contribution >= 4 is 32.7 Å². The second kappa shape index (κ2) is 9.56. The molecular weight excluding hydrogens is 440 g/mol. The van der Waals surface area contributed by atoms with E-state index in [9.17, 15) is 13.2 Å². The molecule has 9 heteroatoms. The van der Waals surface area contributed by atoms with Crippen LogP contribution >= 0.6 is 0 Å². The second-order valence-electron chi connectivity index (χ2n) is 9.30. The number of sulfonamides is 1. The molecule has 3 saturated heterocycles. The maximum atomic E-state index is 12.9. The molecule has 0 bridgehead atoms. The van der Waals surface area contributed by atoms with Gasteiger partial charge in [-0.2, -0.15) is 4.31 Å². The Hall–Kier alpha value is -2.23. The van der Waals surface area contributed by atoms with Gasteiger partial charge in [-0.15, -0.1) is 0 Å². The highest BCUT2D eigenvalue weighted by Crippen LogP contribution is 2.27. The number of hydrogen-bond acceptors (Lipinski definition) is 6. The topological polar surface area (TPSA) is 91.8 Å². The fourth-order valence-electron chi connectivity index (χ4n) is 5.07. The molecular formula is C24H32N4O4S. The minimum Gasteiger partial charge on any atom is -0.376 e. The van der Waals surface area contributed by atoms with Crippen LogP contribution in [0.1, 0.15) is 38.5 Å². The van der Waals surface area contributed by atoms with Crippen LogP contribution in [0.3, 0.4) is 0 Å². The summed E-state index contributed by atoms with van der Waals surface area (Å²) in [6, 6.07) is 9.03. The van der Waals surface area contributed by atoms with Gasteiger partial charge in [-0.25, -0.2) is 13.4 Å². The van der Waals surface area contributed by atoms with Crippen molar-refractivity contribution < 1.29 is 17.9 Å². The summed E-state index contributed by atoms with van der Waals surface area (Å²) in [7, 11) is -3.45. The quantitative estimate of drug-likeness (QED) is 0.695. The van der Waals surface area contributed by atoms with Gasteiger partial charge in [0.25, 0.3) is 0 Å². The van der Waals surface area contributed by atoms with Gasteiger partial charge in [-0.1, -0.05) is 0 Å². The molecule has 0 spiro atoms. The zero-order chi connectivity index (χ0) is 22.8. The van der Waals surface area contributed by atoms with E-state index in [0.29, 0.717) is 31.1 Å². The van der Waals surface area contributed by atoms with Crippen molar-refractivity contribution in [3.8, 4) is 0 Å². The average Bonchev–Trinajstić information content (AvgIpc) is 3.57. The number of amides is 1. The summed E-state index contributed by atoms with van der Waals surface area (Å²) >= 11 is 0. The van der Waals surface area contributed by atoms with Gasteiger partial charge in [0.05, 0.1) is 22.4 Å². The first-order valence-corrected chi connectivity index (χ1v) is 13.5. The van der Waals surface area contributed by atoms with E-state index in [1.165, 1.54) is 0 Å². The lowest BCUT2D eigenvalue weighted by Crippen LogP contribution is -2.44. The van der Waals surface area contributed by atoms with E-state index in [1.807, 2.05) is 12.1 Å². The molecule has 178 valence electrons. The Morgan fingerprint density at radius 3 is 2.70 bits per heavy atom. The van der Waals surface area contributed by atoms with Crippen LogP contribution in [-0.2, 0) is 19.6 Å². The van der Waals surface area contributed by atoms with E-state index in [-0.39, 0.29) is 17.9 Å². The summed E-state index contributed by atoms with van der Waals surface area (Å²) in [6.45, 7) is 4.06. The first-order valence-electron chi connectivity index (χ1n) is 12.1. The number of benzene rings is 1. The van der Waals surface area contributed by atoms with Crippen molar-refractivity contribution in [3.05, 3.63) is 30.3 Å². The van der Waals surface area contributed by atoms with E-state index >= 15 is 0 Å². The van der Waals surface area contributed by atoms with Crippen molar-refractivity contribution in [1.82, 2.24) is 14.6 Å². The minimum atomic E-state index is -3.45. The van der Waals surface area contributed by atoms with Gasteiger partial charge in [0.15, 0.2) is 0 Å². The van der Waals surface area contributed by atoms with Gasteiger partial charge in [0.2, 0.25) is 15.9 Å². The largest absolute Gasteiger partial charge is 0.376 e. The highest BCUT2D eigenvalue weighted by Gasteiger charge is 2.29. The Balaban J connectivity index is 1.27. The molecule has 1 N–H and O–H groups in total. The fraction of sp³-hybridized carbons (Fsp3) is 0.583. The highest BCUT2D eigenvalue weighted by atomic mass is 32.2. The third-order valence-electron chi connectivity index (χ3n) is 6.99. The minimum absolute atomic E-state index is 0.0642. The summed E-state index contributed by atoms with van der Waals surface area (Å²) in [5.41, 5.74) is 0.762. The molecule has 3 aliphatic rings. The third kappa shape index (κ3) is 4.85. The van der Waals surface area contributed by atoms with Crippen molar-refractivity contribution in [3.63, 3.8) is 0 Å². The lowest BCUT2D eigenvalue weighted by atomic mass is 9.97. The molecule has 0 saturated carbocycles. The summed E-state index contributed by atoms with van der Waals surface area (Å²) in [5.74, 6) is 0.854. The first kappa shape index (κ1) is 22.6. The molecule has 0 radical (unpaired) electrons. The molecule has 8 nitrogen and oxygen atoms in total. The van der Waals surface area contributed by atoms with Crippen molar-refractivity contribution in [2.75, 3.05) is 44.2 Å². The standard InChI is InChI=1S/C24H32N4O4S/c29-24(25-16-20-6-4-14-32-20)19-5-3-11-27(17-19)23-10-7-18-15-21(8-9-22(18)26-23)33(30,31)28-12-1-2-13-28/h7-10,15,19-20H,1-6,11-14,16-17H2,(H,25,29). The van der Waals surface area contributed by atoms with Crippen LogP contribution < -0.4 is 10.2 Å². The first-order chi connectivity index (χ1) is 16.0. The van der Waals surface area contributed by atoms with E-state index in [4.69, 9.17) is 9.72 Å². The van der Waals surface area contributed by atoms with E-state index < -0.39 is 10.0 Å². The fourth-order valence-corrected chi connectivity index (χ4v) is 6.62. The molecule has 3 fully saturated rings. The number of fused-ring (bicyclic) bond motifs is 1. The number of rotatable bonds is 6. The van der Waals surface area contributed by atoms with Crippen LogP contribution in [0, 0.1) is 5.92 Å². The van der Waals surface area contributed by atoms with Crippen LogP contribution in [0.4, 0.5) is 5.82 Å². The van der Waals surface area contributed by atoms with Gasteiger partial charge in [-0.05, 0) is 68.9 Å².